The fourth-order valence-corrected chi connectivity index (χ4v) is 2.62. The van der Waals surface area contributed by atoms with Crippen LogP contribution in [0.25, 0.3) is 0 Å². The van der Waals surface area contributed by atoms with Crippen LogP contribution in [-0.2, 0) is 14.4 Å². The molecule has 1 saturated carbocycles. The van der Waals surface area contributed by atoms with Crippen LogP contribution in [0.1, 0.15) is 19.3 Å². The van der Waals surface area contributed by atoms with Crippen LogP contribution >= 0.6 is 11.6 Å². The molecule has 2 rings (SSSR count). The summed E-state index contributed by atoms with van der Waals surface area (Å²) in [4.78, 5) is 36.3. The van der Waals surface area contributed by atoms with E-state index in [0.717, 1.165) is 12.8 Å². The quantitative estimate of drug-likeness (QED) is 0.656. The lowest BCUT2D eigenvalue weighted by molar-refractivity contribution is -0.137. The topological polar surface area (TPSA) is 86.7 Å². The van der Waals surface area contributed by atoms with Gasteiger partial charge in [0.1, 0.15) is 0 Å². The minimum atomic E-state index is -0.970. The van der Waals surface area contributed by atoms with E-state index in [1.54, 1.807) is 6.08 Å². The summed E-state index contributed by atoms with van der Waals surface area (Å²) in [5, 5.41) is 11.9. The summed E-state index contributed by atoms with van der Waals surface area (Å²) in [5.74, 6) is -1.26. The van der Waals surface area contributed by atoms with Gasteiger partial charge in [0.15, 0.2) is 0 Å². The van der Waals surface area contributed by atoms with Crippen LogP contribution < -0.4 is 5.32 Å². The molecule has 7 heteroatoms. The Kier molecular flexibility index (Phi) is 5.60. The van der Waals surface area contributed by atoms with E-state index in [4.69, 9.17) is 16.7 Å². The zero-order valence-electron chi connectivity index (χ0n) is 12.7. The summed E-state index contributed by atoms with van der Waals surface area (Å²) in [5.41, 5.74) is 1.02. The third kappa shape index (κ3) is 4.45. The number of nitrogens with zero attached hydrogens (tertiary/aromatic N) is 1. The van der Waals surface area contributed by atoms with Crippen LogP contribution in [0.5, 0.6) is 0 Å². The number of carbonyl (C=O) groups is 3. The maximum absolute atomic E-state index is 12.4. The first-order valence-electron chi connectivity index (χ1n) is 7.43. The molecule has 1 fully saturated rings. The Bertz CT molecular complexity index is 605. The van der Waals surface area contributed by atoms with Crippen molar-refractivity contribution in [2.45, 2.75) is 19.3 Å². The molecule has 0 aromatic heterocycles. The number of amides is 2. The van der Waals surface area contributed by atoms with Gasteiger partial charge in [-0.1, -0.05) is 24.3 Å². The van der Waals surface area contributed by atoms with Crippen molar-refractivity contribution in [1.29, 1.82) is 0 Å². The van der Waals surface area contributed by atoms with Gasteiger partial charge in [-0.2, -0.15) is 0 Å². The Morgan fingerprint density at radius 3 is 2.70 bits per heavy atom. The molecule has 1 aliphatic carbocycles. The number of halogens is 1. The van der Waals surface area contributed by atoms with Crippen LogP contribution in [0.4, 0.5) is 0 Å². The number of hydrogen-bond acceptors (Lipinski definition) is 3. The van der Waals surface area contributed by atoms with Gasteiger partial charge in [-0.05, 0) is 18.9 Å². The molecule has 2 N–H and O–H groups in total. The molecule has 0 spiro atoms. The molecule has 0 bridgehead atoms. The average molecular weight is 339 g/mol. The maximum Gasteiger partial charge on any atom is 0.305 e. The van der Waals surface area contributed by atoms with E-state index in [-0.39, 0.29) is 43.8 Å². The van der Waals surface area contributed by atoms with Crippen molar-refractivity contribution >= 4 is 29.4 Å². The highest BCUT2D eigenvalue weighted by Gasteiger charge is 2.34. The smallest absolute Gasteiger partial charge is 0.305 e. The van der Waals surface area contributed by atoms with Gasteiger partial charge in [-0.25, -0.2) is 0 Å². The van der Waals surface area contributed by atoms with Crippen LogP contribution in [0.15, 0.2) is 34.9 Å². The summed E-state index contributed by atoms with van der Waals surface area (Å²) in [6.45, 7) is 4.02. The molecule has 0 aromatic carbocycles. The Morgan fingerprint density at radius 1 is 1.43 bits per heavy atom. The van der Waals surface area contributed by atoms with Gasteiger partial charge in [0.25, 0.3) is 5.91 Å². The molecular formula is C16H19ClN2O4. The van der Waals surface area contributed by atoms with Crippen LogP contribution in [0.2, 0.25) is 0 Å². The van der Waals surface area contributed by atoms with Crippen molar-refractivity contribution in [3.05, 3.63) is 34.9 Å². The lowest BCUT2D eigenvalue weighted by Gasteiger charge is -2.15. The first-order chi connectivity index (χ1) is 10.9. The van der Waals surface area contributed by atoms with E-state index in [0.29, 0.717) is 16.2 Å². The molecule has 0 radical (unpaired) electrons. The van der Waals surface area contributed by atoms with Crippen molar-refractivity contribution in [2.75, 3.05) is 19.6 Å². The largest absolute Gasteiger partial charge is 0.481 e. The number of hydrogen-bond donors (Lipinski definition) is 2. The Labute approximate surface area is 139 Å². The number of carboxylic acid groups (broad SMARTS) is 1. The molecule has 2 amide bonds. The number of allylic oxidation sites excluding steroid dienone is 2. The van der Waals surface area contributed by atoms with Gasteiger partial charge in [0.2, 0.25) is 5.91 Å². The Morgan fingerprint density at radius 2 is 2.13 bits per heavy atom. The fraction of sp³-hybridized carbons (Fsp3) is 0.438. The van der Waals surface area contributed by atoms with Gasteiger partial charge in [-0.3, -0.25) is 14.4 Å². The highest BCUT2D eigenvalue weighted by atomic mass is 35.5. The lowest BCUT2D eigenvalue weighted by atomic mass is 10.1. The number of nitrogens with one attached hydrogen (secondary N) is 1. The monoisotopic (exact) mass is 338 g/mol. The minimum absolute atomic E-state index is 0.0536. The molecule has 0 saturated heterocycles. The first-order valence-corrected chi connectivity index (χ1v) is 7.81. The van der Waals surface area contributed by atoms with E-state index in [2.05, 4.69) is 11.9 Å². The predicted molar refractivity (Wildman–Crippen MR) is 85.7 cm³/mol. The number of carboxylic acids is 1. The van der Waals surface area contributed by atoms with Gasteiger partial charge >= 0.3 is 5.97 Å². The summed E-state index contributed by atoms with van der Waals surface area (Å²) in [6.07, 6.45) is 4.72. The zero-order chi connectivity index (χ0) is 17.0. The molecule has 2 aliphatic rings. The SMILES string of the molecule is C=C/C=C(/Cl)C1=C(CNC(=O)C2CC2)C(=O)N(CCC(=O)O)C1. The molecule has 23 heavy (non-hydrogen) atoms. The second-order valence-electron chi connectivity index (χ2n) is 5.57. The van der Waals surface area contributed by atoms with Crippen LogP contribution in [-0.4, -0.2) is 47.4 Å². The van der Waals surface area contributed by atoms with Crippen molar-refractivity contribution in [2.24, 2.45) is 5.92 Å². The summed E-state index contributed by atoms with van der Waals surface area (Å²) >= 11 is 6.19. The second-order valence-corrected chi connectivity index (χ2v) is 5.98. The molecule has 1 aliphatic heterocycles. The molecule has 6 nitrogen and oxygen atoms in total. The number of rotatable bonds is 8. The molecular weight excluding hydrogens is 320 g/mol. The third-order valence-electron chi connectivity index (χ3n) is 3.79. The molecule has 0 atom stereocenters. The van der Waals surface area contributed by atoms with E-state index in [9.17, 15) is 14.4 Å². The van der Waals surface area contributed by atoms with Crippen LogP contribution in [0, 0.1) is 5.92 Å². The standard InChI is InChI=1S/C16H19ClN2O4/c1-2-3-13(17)12-9-19(7-6-14(20)21)16(23)11(12)8-18-15(22)10-4-5-10/h2-3,10H,1,4-9H2,(H,18,22)(H,20,21)/b13-3+. The van der Waals surface area contributed by atoms with E-state index in [1.165, 1.54) is 11.0 Å². The molecule has 124 valence electrons. The minimum Gasteiger partial charge on any atom is -0.481 e. The van der Waals surface area contributed by atoms with Crippen molar-refractivity contribution in [3.8, 4) is 0 Å². The first kappa shape index (κ1) is 17.3. The van der Waals surface area contributed by atoms with Gasteiger partial charge < -0.3 is 15.3 Å². The van der Waals surface area contributed by atoms with Gasteiger partial charge in [-0.15, -0.1) is 0 Å². The van der Waals surface area contributed by atoms with E-state index >= 15 is 0 Å². The summed E-state index contributed by atoms with van der Waals surface area (Å²) < 4.78 is 0. The van der Waals surface area contributed by atoms with E-state index in [1.807, 2.05) is 0 Å². The summed E-state index contributed by atoms with van der Waals surface area (Å²) in [7, 11) is 0. The van der Waals surface area contributed by atoms with Crippen molar-refractivity contribution in [1.82, 2.24) is 10.2 Å². The fourth-order valence-electron chi connectivity index (χ4n) is 2.36. The molecule has 1 heterocycles. The average Bonchev–Trinajstić information content (AvgIpc) is 3.29. The Hall–Kier alpha value is -2.08. The van der Waals surface area contributed by atoms with Crippen LogP contribution in [0.3, 0.4) is 0 Å². The highest BCUT2D eigenvalue weighted by Crippen LogP contribution is 2.30. The third-order valence-corrected chi connectivity index (χ3v) is 4.15. The van der Waals surface area contributed by atoms with E-state index < -0.39 is 5.97 Å². The Balaban J connectivity index is 2.11. The normalized spacial score (nSPS) is 18.4. The van der Waals surface area contributed by atoms with Crippen molar-refractivity contribution in [3.63, 3.8) is 0 Å². The van der Waals surface area contributed by atoms with Crippen molar-refractivity contribution < 1.29 is 19.5 Å². The predicted octanol–water partition coefficient (Wildman–Crippen LogP) is 1.43. The highest BCUT2D eigenvalue weighted by molar-refractivity contribution is 6.33. The van der Waals surface area contributed by atoms with Gasteiger partial charge in [0, 0.05) is 41.7 Å². The van der Waals surface area contributed by atoms with Gasteiger partial charge in [0.05, 0.1) is 6.42 Å². The number of carbonyl (C=O) groups excluding carboxylic acids is 2. The summed E-state index contributed by atoms with van der Waals surface area (Å²) in [6, 6.07) is 0. The lowest BCUT2D eigenvalue weighted by Crippen LogP contribution is -2.33. The number of aliphatic carboxylic acids is 1. The zero-order valence-corrected chi connectivity index (χ0v) is 13.4. The molecule has 0 aromatic rings. The maximum atomic E-state index is 12.4. The molecule has 0 unspecified atom stereocenters. The second kappa shape index (κ2) is 7.46.